The Labute approximate surface area is 212 Å². The number of anilines is 1. The number of alkyl halides is 6. The minimum absolute atomic E-state index is 0.0896. The molecular weight excluding hydrogens is 530 g/mol. The van der Waals surface area contributed by atoms with Gasteiger partial charge in [0.05, 0.1) is 31.5 Å². The van der Waals surface area contributed by atoms with E-state index in [0.29, 0.717) is 6.61 Å². The number of carbonyl (C=O) groups is 2. The average molecular weight is 554 g/mol. The van der Waals surface area contributed by atoms with Gasteiger partial charge in [-0.3, -0.25) is 4.98 Å². The molecule has 210 valence electrons. The van der Waals surface area contributed by atoms with Crippen molar-refractivity contribution in [2.45, 2.75) is 50.4 Å². The summed E-state index contributed by atoms with van der Waals surface area (Å²) in [5.41, 5.74) is 2.01. The lowest BCUT2D eigenvalue weighted by Crippen LogP contribution is -2.66. The van der Waals surface area contributed by atoms with E-state index in [1.165, 1.54) is 0 Å². The summed E-state index contributed by atoms with van der Waals surface area (Å²) in [4.78, 5) is 24.0. The third kappa shape index (κ3) is 9.74. The molecule has 2 fully saturated rings. The number of aromatic nitrogens is 3. The molecule has 0 aliphatic carbocycles. The molecule has 0 aromatic carbocycles. The van der Waals surface area contributed by atoms with E-state index in [-0.39, 0.29) is 11.7 Å². The maximum Gasteiger partial charge on any atom is 0.490 e. The van der Waals surface area contributed by atoms with Crippen LogP contribution in [0.2, 0.25) is 0 Å². The molecule has 0 radical (unpaired) electrons. The zero-order chi connectivity index (χ0) is 28.6. The third-order valence-corrected chi connectivity index (χ3v) is 5.23. The van der Waals surface area contributed by atoms with Crippen molar-refractivity contribution in [1.82, 2.24) is 15.2 Å². The predicted octanol–water partition coefficient (Wildman–Crippen LogP) is 3.40. The van der Waals surface area contributed by atoms with Gasteiger partial charge in [-0.2, -0.15) is 31.4 Å². The molecule has 10 nitrogen and oxygen atoms in total. The second-order valence-corrected chi connectivity index (χ2v) is 8.31. The summed E-state index contributed by atoms with van der Waals surface area (Å²) < 4.78 is 75.7. The first-order valence-electron chi connectivity index (χ1n) is 10.9. The van der Waals surface area contributed by atoms with Gasteiger partial charge >= 0.3 is 24.3 Å². The van der Waals surface area contributed by atoms with E-state index in [9.17, 15) is 26.3 Å². The average Bonchev–Trinajstić information content (AvgIpc) is 2.82. The molecular formula is C22H24F6N4O6. The van der Waals surface area contributed by atoms with E-state index in [0.717, 1.165) is 49.6 Å². The molecule has 0 saturated carbocycles. The number of hydrogen-bond donors (Lipinski definition) is 2. The molecule has 2 aliphatic rings. The van der Waals surface area contributed by atoms with E-state index >= 15 is 0 Å². The monoisotopic (exact) mass is 554 g/mol. The molecule has 0 bridgehead atoms. The van der Waals surface area contributed by atoms with Gasteiger partial charge in [-0.15, -0.1) is 5.10 Å². The Bertz CT molecular complexity index is 1020. The summed E-state index contributed by atoms with van der Waals surface area (Å²) >= 11 is 0. The van der Waals surface area contributed by atoms with Crippen LogP contribution in [0.5, 0.6) is 0 Å². The summed E-state index contributed by atoms with van der Waals surface area (Å²) in [7, 11) is 0. The summed E-state index contributed by atoms with van der Waals surface area (Å²) in [6.45, 7) is 5.06. The molecule has 1 unspecified atom stereocenters. The number of aryl methyl sites for hydroxylation is 1. The number of halogens is 6. The van der Waals surface area contributed by atoms with Gasteiger partial charge in [-0.05, 0) is 43.2 Å². The van der Waals surface area contributed by atoms with Crippen molar-refractivity contribution in [2.24, 2.45) is 0 Å². The first-order valence-corrected chi connectivity index (χ1v) is 10.9. The van der Waals surface area contributed by atoms with Crippen LogP contribution in [-0.2, 0) is 25.7 Å². The highest BCUT2D eigenvalue weighted by Gasteiger charge is 2.48. The Balaban J connectivity index is 0.000000301. The number of nitrogens with zero attached hydrogens (tertiary/aromatic N) is 4. The van der Waals surface area contributed by atoms with Crippen LogP contribution in [0, 0.1) is 6.92 Å². The van der Waals surface area contributed by atoms with Gasteiger partial charge in [0.1, 0.15) is 5.60 Å². The highest BCUT2D eigenvalue weighted by molar-refractivity contribution is 5.73. The van der Waals surface area contributed by atoms with E-state index < -0.39 is 24.3 Å². The molecule has 2 aliphatic heterocycles. The predicted molar refractivity (Wildman–Crippen MR) is 117 cm³/mol. The van der Waals surface area contributed by atoms with Crippen LogP contribution in [-0.4, -0.2) is 81.1 Å². The summed E-state index contributed by atoms with van der Waals surface area (Å²) in [6, 6.07) is 8.01. The van der Waals surface area contributed by atoms with Crippen molar-refractivity contribution in [1.29, 1.82) is 0 Å². The molecule has 2 N–H and O–H groups in total. The molecule has 2 aromatic rings. The van der Waals surface area contributed by atoms with Crippen molar-refractivity contribution in [3.8, 4) is 0 Å². The number of ether oxygens (including phenoxy) is 2. The van der Waals surface area contributed by atoms with Gasteiger partial charge in [0, 0.05) is 25.4 Å². The van der Waals surface area contributed by atoms with Gasteiger partial charge in [-0.25, -0.2) is 9.59 Å². The van der Waals surface area contributed by atoms with Crippen LogP contribution >= 0.6 is 0 Å². The Morgan fingerprint density at radius 2 is 1.58 bits per heavy atom. The molecule has 2 saturated heterocycles. The number of pyridine rings is 1. The number of hydrogen-bond acceptors (Lipinski definition) is 8. The lowest BCUT2D eigenvalue weighted by molar-refractivity contribution is -0.193. The lowest BCUT2D eigenvalue weighted by atomic mass is 9.84. The van der Waals surface area contributed by atoms with Gasteiger partial charge < -0.3 is 24.6 Å². The van der Waals surface area contributed by atoms with E-state index in [4.69, 9.17) is 29.3 Å². The Morgan fingerprint density at radius 3 is 2.05 bits per heavy atom. The van der Waals surface area contributed by atoms with Gasteiger partial charge in [0.2, 0.25) is 0 Å². The van der Waals surface area contributed by atoms with Crippen LogP contribution in [0.15, 0.2) is 36.7 Å². The zero-order valence-electron chi connectivity index (χ0n) is 19.9. The molecule has 0 amide bonds. The van der Waals surface area contributed by atoms with Crippen molar-refractivity contribution < 1.29 is 55.6 Å². The lowest BCUT2D eigenvalue weighted by Gasteiger charge is -2.53. The Kier molecular flexibility index (Phi) is 10.4. The molecule has 1 spiro atoms. The van der Waals surface area contributed by atoms with Crippen LogP contribution < -0.4 is 4.90 Å². The number of aliphatic carboxylic acids is 2. The zero-order valence-corrected chi connectivity index (χ0v) is 19.9. The van der Waals surface area contributed by atoms with Crippen LogP contribution in [0.3, 0.4) is 0 Å². The maximum atomic E-state index is 10.6. The SMILES string of the molecule is Cc1ccc(N2CC3(CC(OCc4ccncc4)CCO3)C2)nn1.O=C(O)C(F)(F)F.O=C(O)C(F)(F)F. The number of carboxylic acid groups (broad SMARTS) is 2. The van der Waals surface area contributed by atoms with Crippen molar-refractivity contribution >= 4 is 17.8 Å². The van der Waals surface area contributed by atoms with Crippen molar-refractivity contribution in [3.63, 3.8) is 0 Å². The van der Waals surface area contributed by atoms with E-state index in [1.807, 2.05) is 31.2 Å². The van der Waals surface area contributed by atoms with Crippen LogP contribution in [0.4, 0.5) is 32.2 Å². The maximum absolute atomic E-state index is 10.6. The molecule has 16 heteroatoms. The summed E-state index contributed by atoms with van der Waals surface area (Å²) in [5, 5.41) is 22.6. The molecule has 4 heterocycles. The highest BCUT2D eigenvalue weighted by atomic mass is 19.4. The van der Waals surface area contributed by atoms with Crippen molar-refractivity contribution in [2.75, 3.05) is 24.6 Å². The smallest absolute Gasteiger partial charge is 0.475 e. The molecule has 4 rings (SSSR count). The third-order valence-electron chi connectivity index (χ3n) is 5.23. The number of carboxylic acids is 2. The minimum atomic E-state index is -5.08. The van der Waals surface area contributed by atoms with E-state index in [2.05, 4.69) is 20.1 Å². The standard InChI is InChI=1S/C18H22N4O2.2C2HF3O2/c1-14-2-3-17(21-20-14)22-12-18(13-22)10-16(6-9-24-18)23-11-15-4-7-19-8-5-15;2*3-2(4,5)1(6)7/h2-5,7-8,16H,6,9-13H2,1H3;2*(H,6,7). The summed E-state index contributed by atoms with van der Waals surface area (Å²) in [5.74, 6) is -4.59. The first-order chi connectivity index (χ1) is 17.6. The quantitative estimate of drug-likeness (QED) is 0.542. The van der Waals surface area contributed by atoms with Crippen molar-refractivity contribution in [3.05, 3.63) is 47.9 Å². The van der Waals surface area contributed by atoms with Gasteiger partial charge in [0.25, 0.3) is 0 Å². The Morgan fingerprint density at radius 1 is 1.03 bits per heavy atom. The number of rotatable bonds is 4. The Hall–Kier alpha value is -3.53. The normalized spacial score (nSPS) is 18.3. The second kappa shape index (κ2) is 12.8. The van der Waals surface area contributed by atoms with Crippen LogP contribution in [0.1, 0.15) is 24.1 Å². The fraction of sp³-hybridized carbons (Fsp3) is 0.500. The highest BCUT2D eigenvalue weighted by Crippen LogP contribution is 2.37. The fourth-order valence-corrected chi connectivity index (χ4v) is 3.41. The topological polar surface area (TPSA) is 135 Å². The van der Waals surface area contributed by atoms with E-state index in [1.54, 1.807) is 12.4 Å². The largest absolute Gasteiger partial charge is 0.490 e. The van der Waals surface area contributed by atoms with Gasteiger partial charge in [0.15, 0.2) is 5.82 Å². The molecule has 2 aromatic heterocycles. The van der Waals surface area contributed by atoms with Gasteiger partial charge in [-0.1, -0.05) is 0 Å². The fourth-order valence-electron chi connectivity index (χ4n) is 3.41. The van der Waals surface area contributed by atoms with Crippen LogP contribution in [0.25, 0.3) is 0 Å². The summed E-state index contributed by atoms with van der Waals surface area (Å²) in [6.07, 6.45) is -4.42. The second-order valence-electron chi connectivity index (χ2n) is 8.31. The minimum Gasteiger partial charge on any atom is -0.475 e. The first kappa shape index (κ1) is 30.7. The molecule has 1 atom stereocenters. The molecule has 38 heavy (non-hydrogen) atoms.